The summed E-state index contributed by atoms with van der Waals surface area (Å²) in [4.78, 5) is 3.78. The fourth-order valence-corrected chi connectivity index (χ4v) is 3.04. The summed E-state index contributed by atoms with van der Waals surface area (Å²) in [6.07, 6.45) is 1.73. The quantitative estimate of drug-likeness (QED) is 0.156. The van der Waals surface area contributed by atoms with Crippen LogP contribution in [0, 0.1) is 17.0 Å². The lowest BCUT2D eigenvalue weighted by Gasteiger charge is -2.29. The van der Waals surface area contributed by atoms with E-state index in [2.05, 4.69) is 4.98 Å². The van der Waals surface area contributed by atoms with Crippen LogP contribution in [-0.2, 0) is 5.92 Å². The van der Waals surface area contributed by atoms with Crippen molar-refractivity contribution in [2.45, 2.75) is 11.8 Å². The van der Waals surface area contributed by atoms with E-state index in [4.69, 9.17) is 27.6 Å². The normalized spacial score (nSPS) is 12.3. The van der Waals surface area contributed by atoms with Gasteiger partial charge in [-0.05, 0) is 48.0 Å². The molecule has 10 heteroatoms. The fourth-order valence-electron chi connectivity index (χ4n) is 2.91. The molecule has 0 saturated heterocycles. The Morgan fingerprint density at radius 3 is 2.35 bits per heavy atom. The van der Waals surface area contributed by atoms with Gasteiger partial charge in [-0.3, -0.25) is 10.4 Å². The van der Waals surface area contributed by atoms with E-state index in [1.807, 2.05) is 0 Å². The zero-order valence-corrected chi connectivity index (χ0v) is 16.7. The molecule has 3 rings (SSSR count). The summed E-state index contributed by atoms with van der Waals surface area (Å²) in [5, 5.41) is 8.34. The van der Waals surface area contributed by atoms with Crippen LogP contribution in [0.3, 0.4) is 0 Å². The Hall–Kier alpha value is -3.17. The highest BCUT2D eigenvalue weighted by Crippen LogP contribution is 2.43. The highest BCUT2D eigenvalue weighted by molar-refractivity contribution is 6.30. The van der Waals surface area contributed by atoms with Crippen LogP contribution in [0.4, 0.5) is 17.6 Å². The van der Waals surface area contributed by atoms with E-state index < -0.39 is 41.3 Å². The molecule has 0 radical (unpaired) electrons. The van der Waals surface area contributed by atoms with Gasteiger partial charge < -0.3 is 9.75 Å². The lowest BCUT2D eigenvalue weighted by atomic mass is 9.89. The van der Waals surface area contributed by atoms with Crippen LogP contribution >= 0.6 is 11.6 Å². The number of nitrogens with two attached hydrogens (primary N) is 1. The van der Waals surface area contributed by atoms with Gasteiger partial charge >= 0.3 is 0 Å². The summed E-state index contributed by atoms with van der Waals surface area (Å²) in [7, 11) is 0. The summed E-state index contributed by atoms with van der Waals surface area (Å²) < 4.78 is 63.8. The second-order valence-electron chi connectivity index (χ2n) is 6.60. The minimum atomic E-state index is -3.70. The molecular weight excluding hydrogens is 436 g/mol. The Kier molecular flexibility index (Phi) is 6.77. The number of nitrogens with one attached hydrogen (secondary N) is 1. The maximum atomic E-state index is 15.4. The molecule has 0 amide bonds. The monoisotopic (exact) mass is 452 g/mol. The number of hydrazine groups is 1. The summed E-state index contributed by atoms with van der Waals surface area (Å²) >= 11 is 5.81. The number of hydrogen-bond acceptors (Lipinski definition) is 4. The average molecular weight is 453 g/mol. The largest absolute Gasteiger partial charge is 0.456 e. The molecule has 0 aliphatic rings. The first kappa shape index (κ1) is 22.5. The molecule has 5 nitrogen and oxygen atoms in total. The number of ether oxygens (including phenoxy) is 1. The standard InChI is InChI=1S/C21H17ClF4N4O/c22-13-1-4-15(5-2-13)31-16-6-8-20(29-10-16)21(25,26)18(11-30(28)12-27)17-7-3-14(23)9-19(17)24/h1-10,12,18,27H,11,28H2. The maximum Gasteiger partial charge on any atom is 0.298 e. The number of aromatic nitrogens is 1. The third-order valence-electron chi connectivity index (χ3n) is 4.46. The van der Waals surface area contributed by atoms with Gasteiger partial charge in [0.25, 0.3) is 5.92 Å². The number of pyridine rings is 1. The fraction of sp³-hybridized carbons (Fsp3) is 0.143. The Morgan fingerprint density at radius 2 is 1.77 bits per heavy atom. The van der Waals surface area contributed by atoms with Gasteiger partial charge in [-0.2, -0.15) is 8.78 Å². The molecule has 3 aromatic rings. The lowest BCUT2D eigenvalue weighted by molar-refractivity contribution is -0.0443. The predicted molar refractivity (Wildman–Crippen MR) is 108 cm³/mol. The Morgan fingerprint density at radius 1 is 1.10 bits per heavy atom. The zero-order valence-electron chi connectivity index (χ0n) is 15.9. The molecule has 0 bridgehead atoms. The first-order chi connectivity index (χ1) is 14.7. The van der Waals surface area contributed by atoms with Gasteiger partial charge in [-0.1, -0.05) is 17.7 Å². The molecule has 3 N–H and O–H groups in total. The average Bonchev–Trinajstić information content (AvgIpc) is 2.74. The van der Waals surface area contributed by atoms with Crippen LogP contribution in [0.15, 0.2) is 60.8 Å². The van der Waals surface area contributed by atoms with Crippen molar-refractivity contribution in [2.75, 3.05) is 6.54 Å². The zero-order chi connectivity index (χ0) is 22.6. The van der Waals surface area contributed by atoms with Crippen molar-refractivity contribution in [1.82, 2.24) is 9.99 Å². The molecule has 1 aromatic heterocycles. The van der Waals surface area contributed by atoms with Gasteiger partial charge in [-0.15, -0.1) is 0 Å². The van der Waals surface area contributed by atoms with E-state index in [-0.39, 0.29) is 5.75 Å². The first-order valence-corrected chi connectivity index (χ1v) is 9.33. The molecule has 0 fully saturated rings. The molecule has 1 unspecified atom stereocenters. The van der Waals surface area contributed by atoms with Crippen molar-refractivity contribution in [2.24, 2.45) is 5.84 Å². The van der Waals surface area contributed by atoms with Crippen molar-refractivity contribution in [3.05, 3.63) is 88.7 Å². The number of rotatable bonds is 8. The van der Waals surface area contributed by atoms with Crippen molar-refractivity contribution in [3.63, 3.8) is 0 Å². The molecule has 2 aromatic carbocycles. The number of nitrogens with zero attached hydrogens (tertiary/aromatic N) is 2. The van der Waals surface area contributed by atoms with Crippen molar-refractivity contribution in [3.8, 4) is 11.5 Å². The SMILES string of the molecule is N=CN(N)CC(c1ccc(F)cc1F)C(F)(F)c1ccc(Oc2ccc(Cl)cc2)cn1. The molecule has 31 heavy (non-hydrogen) atoms. The highest BCUT2D eigenvalue weighted by atomic mass is 35.5. The Labute approximate surface area is 180 Å². The second kappa shape index (κ2) is 9.32. The lowest BCUT2D eigenvalue weighted by Crippen LogP contribution is -2.39. The predicted octanol–water partition coefficient (Wildman–Crippen LogP) is 5.46. The van der Waals surface area contributed by atoms with E-state index in [1.54, 1.807) is 24.3 Å². The third-order valence-corrected chi connectivity index (χ3v) is 4.71. The van der Waals surface area contributed by atoms with Crippen molar-refractivity contribution < 1.29 is 22.3 Å². The topological polar surface area (TPSA) is 75.2 Å². The van der Waals surface area contributed by atoms with Crippen molar-refractivity contribution in [1.29, 1.82) is 5.41 Å². The van der Waals surface area contributed by atoms with Crippen LogP contribution in [0.2, 0.25) is 5.02 Å². The van der Waals surface area contributed by atoms with Gasteiger partial charge in [-0.25, -0.2) is 14.6 Å². The highest BCUT2D eigenvalue weighted by Gasteiger charge is 2.45. The molecule has 1 atom stereocenters. The molecule has 0 aliphatic carbocycles. The number of halogens is 5. The summed E-state index contributed by atoms with van der Waals surface area (Å²) in [6, 6.07) is 11.1. The first-order valence-electron chi connectivity index (χ1n) is 8.95. The van der Waals surface area contributed by atoms with E-state index in [1.165, 1.54) is 6.07 Å². The number of hydrogen-bond donors (Lipinski definition) is 2. The van der Waals surface area contributed by atoms with Crippen molar-refractivity contribution >= 4 is 17.9 Å². The van der Waals surface area contributed by atoms with E-state index in [9.17, 15) is 8.78 Å². The molecular formula is C21H17ClF4N4O. The molecule has 1 heterocycles. The van der Waals surface area contributed by atoms with E-state index in [0.29, 0.717) is 28.2 Å². The minimum Gasteiger partial charge on any atom is -0.456 e. The van der Waals surface area contributed by atoms with Crippen LogP contribution in [-0.4, -0.2) is 22.9 Å². The van der Waals surface area contributed by atoms with E-state index in [0.717, 1.165) is 24.4 Å². The van der Waals surface area contributed by atoms with Crippen LogP contribution in [0.25, 0.3) is 0 Å². The second-order valence-corrected chi connectivity index (χ2v) is 7.04. The van der Waals surface area contributed by atoms with Gasteiger partial charge in [0.2, 0.25) is 0 Å². The molecule has 0 saturated carbocycles. The maximum absolute atomic E-state index is 15.4. The minimum absolute atomic E-state index is 0.200. The smallest absolute Gasteiger partial charge is 0.298 e. The van der Waals surface area contributed by atoms with Gasteiger partial charge in [0.05, 0.1) is 18.5 Å². The van der Waals surface area contributed by atoms with Gasteiger partial charge in [0, 0.05) is 17.6 Å². The number of benzene rings is 2. The Balaban J connectivity index is 1.91. The third kappa shape index (κ3) is 5.31. The summed E-state index contributed by atoms with van der Waals surface area (Å²) in [6.45, 7) is -0.607. The summed E-state index contributed by atoms with van der Waals surface area (Å²) in [5.41, 5.74) is -1.12. The summed E-state index contributed by atoms with van der Waals surface area (Å²) in [5.74, 6) is -1.45. The van der Waals surface area contributed by atoms with Crippen LogP contribution < -0.4 is 10.6 Å². The van der Waals surface area contributed by atoms with Crippen LogP contribution in [0.1, 0.15) is 17.2 Å². The molecule has 162 valence electrons. The van der Waals surface area contributed by atoms with Gasteiger partial charge in [0.1, 0.15) is 28.8 Å². The number of alkyl halides is 2. The van der Waals surface area contributed by atoms with Gasteiger partial charge in [0.15, 0.2) is 0 Å². The molecule has 0 aliphatic heterocycles. The Bertz CT molecular complexity index is 1050. The molecule has 0 spiro atoms. The van der Waals surface area contributed by atoms with E-state index >= 15 is 8.78 Å². The van der Waals surface area contributed by atoms with Crippen LogP contribution in [0.5, 0.6) is 11.5 Å².